The first-order valence-corrected chi connectivity index (χ1v) is 10.1. The van der Waals surface area contributed by atoms with Crippen molar-refractivity contribution in [2.45, 2.75) is 18.7 Å². The monoisotopic (exact) mass is 400 g/mol. The smallest absolute Gasteiger partial charge is 0.255 e. The number of nitrogens with zero attached hydrogens (tertiary/aromatic N) is 5. The highest BCUT2D eigenvalue weighted by molar-refractivity contribution is 7.89. The highest BCUT2D eigenvalue weighted by atomic mass is 32.2. The van der Waals surface area contributed by atoms with Crippen LogP contribution in [0, 0.1) is 0 Å². The van der Waals surface area contributed by atoms with Crippen molar-refractivity contribution in [1.29, 1.82) is 0 Å². The van der Waals surface area contributed by atoms with E-state index >= 15 is 0 Å². The van der Waals surface area contributed by atoms with E-state index in [0.717, 1.165) is 0 Å². The van der Waals surface area contributed by atoms with Crippen molar-refractivity contribution < 1.29 is 13.2 Å². The molecule has 146 valence electrons. The Morgan fingerprint density at radius 1 is 1.11 bits per heavy atom. The molecule has 1 heterocycles. The molecule has 1 N–H and O–H groups in total. The Kier molecular flexibility index (Phi) is 5.81. The van der Waals surface area contributed by atoms with Gasteiger partial charge < -0.3 is 5.32 Å². The number of amides is 1. The van der Waals surface area contributed by atoms with Crippen LogP contribution in [-0.2, 0) is 10.0 Å². The second kappa shape index (κ2) is 8.28. The van der Waals surface area contributed by atoms with E-state index in [1.807, 2.05) is 0 Å². The van der Waals surface area contributed by atoms with Gasteiger partial charge in [0.2, 0.25) is 10.0 Å². The molecule has 0 fully saturated rings. The van der Waals surface area contributed by atoms with Crippen molar-refractivity contribution in [3.63, 3.8) is 0 Å². The topological polar surface area (TPSA) is 110 Å². The molecular weight excluding hydrogens is 380 g/mol. The van der Waals surface area contributed by atoms with Gasteiger partial charge in [-0.05, 0) is 46.8 Å². The molecule has 3 rings (SSSR count). The van der Waals surface area contributed by atoms with Crippen LogP contribution in [0.1, 0.15) is 24.2 Å². The zero-order valence-corrected chi connectivity index (χ0v) is 16.3. The lowest BCUT2D eigenvalue weighted by Gasteiger charge is -2.18. The number of rotatable bonds is 7. The standard InChI is InChI=1S/C18H20N6O3S/c1-3-23(4-2)28(26,27)17-10-5-7-14(11-17)18(25)20-15-8-6-9-16(12-15)24-13-19-21-22-24/h5-13H,3-4H2,1-2H3,(H,20,25). The number of aromatic nitrogens is 4. The largest absolute Gasteiger partial charge is 0.322 e. The van der Waals surface area contributed by atoms with Gasteiger partial charge in [-0.15, -0.1) is 5.10 Å². The molecule has 28 heavy (non-hydrogen) atoms. The number of tetrazole rings is 1. The van der Waals surface area contributed by atoms with Gasteiger partial charge in [0.1, 0.15) is 6.33 Å². The van der Waals surface area contributed by atoms with Crippen LogP contribution in [0.15, 0.2) is 59.8 Å². The Hall–Kier alpha value is -3.11. The van der Waals surface area contributed by atoms with E-state index in [1.54, 1.807) is 50.2 Å². The van der Waals surface area contributed by atoms with Gasteiger partial charge >= 0.3 is 0 Å². The predicted octanol–water partition coefficient (Wildman–Crippen LogP) is 1.95. The van der Waals surface area contributed by atoms with Gasteiger partial charge in [0.05, 0.1) is 10.6 Å². The minimum absolute atomic E-state index is 0.0892. The van der Waals surface area contributed by atoms with E-state index < -0.39 is 15.9 Å². The quantitative estimate of drug-likeness (QED) is 0.649. The summed E-state index contributed by atoms with van der Waals surface area (Å²) in [5.41, 5.74) is 1.47. The lowest BCUT2D eigenvalue weighted by atomic mass is 10.2. The number of nitrogens with one attached hydrogen (secondary N) is 1. The number of hydrogen-bond acceptors (Lipinski definition) is 6. The van der Waals surface area contributed by atoms with Crippen LogP contribution in [0.5, 0.6) is 0 Å². The molecule has 2 aromatic carbocycles. The molecule has 0 atom stereocenters. The summed E-state index contributed by atoms with van der Waals surface area (Å²) in [5.74, 6) is -0.412. The number of hydrogen-bond donors (Lipinski definition) is 1. The lowest BCUT2D eigenvalue weighted by molar-refractivity contribution is 0.102. The van der Waals surface area contributed by atoms with Crippen LogP contribution < -0.4 is 5.32 Å². The molecule has 10 heteroatoms. The minimum atomic E-state index is -3.64. The van der Waals surface area contributed by atoms with Crippen molar-refractivity contribution in [1.82, 2.24) is 24.5 Å². The van der Waals surface area contributed by atoms with Crippen molar-refractivity contribution in [3.05, 3.63) is 60.4 Å². The zero-order chi connectivity index (χ0) is 20.1. The first kappa shape index (κ1) is 19.6. The van der Waals surface area contributed by atoms with Crippen molar-refractivity contribution in [3.8, 4) is 5.69 Å². The Labute approximate surface area is 163 Å². The summed E-state index contributed by atoms with van der Waals surface area (Å²) in [7, 11) is -3.64. The van der Waals surface area contributed by atoms with Gasteiger partial charge in [-0.25, -0.2) is 13.1 Å². The fourth-order valence-corrected chi connectivity index (χ4v) is 4.22. The summed E-state index contributed by atoms with van der Waals surface area (Å²) in [5, 5.41) is 13.7. The van der Waals surface area contributed by atoms with Crippen LogP contribution >= 0.6 is 0 Å². The summed E-state index contributed by atoms with van der Waals surface area (Å²) in [6.45, 7) is 4.27. The zero-order valence-electron chi connectivity index (χ0n) is 15.5. The van der Waals surface area contributed by atoms with Gasteiger partial charge in [-0.3, -0.25) is 4.79 Å². The van der Waals surface area contributed by atoms with Crippen LogP contribution in [0.2, 0.25) is 0 Å². The first-order valence-electron chi connectivity index (χ1n) is 8.70. The molecular formula is C18H20N6O3S. The Morgan fingerprint density at radius 3 is 2.54 bits per heavy atom. The van der Waals surface area contributed by atoms with Crippen LogP contribution in [0.3, 0.4) is 0 Å². The van der Waals surface area contributed by atoms with E-state index in [1.165, 1.54) is 27.4 Å². The average Bonchev–Trinajstić information content (AvgIpc) is 3.24. The lowest BCUT2D eigenvalue weighted by Crippen LogP contribution is -2.30. The van der Waals surface area contributed by atoms with Crippen LogP contribution in [0.25, 0.3) is 5.69 Å². The molecule has 3 aromatic rings. The van der Waals surface area contributed by atoms with E-state index in [0.29, 0.717) is 24.5 Å². The number of carbonyl (C=O) groups excluding carboxylic acids is 1. The fraction of sp³-hybridized carbons (Fsp3) is 0.222. The summed E-state index contributed by atoms with van der Waals surface area (Å²) in [6.07, 6.45) is 1.45. The molecule has 0 aliphatic rings. The molecule has 0 saturated carbocycles. The van der Waals surface area contributed by atoms with Crippen molar-refractivity contribution in [2.24, 2.45) is 0 Å². The summed E-state index contributed by atoms with van der Waals surface area (Å²) < 4.78 is 28.2. The molecule has 0 saturated heterocycles. The Balaban J connectivity index is 1.83. The molecule has 0 aliphatic heterocycles. The average molecular weight is 400 g/mol. The number of sulfonamides is 1. The number of anilines is 1. The van der Waals surface area contributed by atoms with Gasteiger partial charge in [0.15, 0.2) is 0 Å². The Morgan fingerprint density at radius 2 is 1.86 bits per heavy atom. The van der Waals surface area contributed by atoms with E-state index in [-0.39, 0.29) is 10.5 Å². The van der Waals surface area contributed by atoms with Crippen LogP contribution in [0.4, 0.5) is 5.69 Å². The maximum absolute atomic E-state index is 12.7. The van der Waals surface area contributed by atoms with E-state index in [9.17, 15) is 13.2 Å². The maximum atomic E-state index is 12.7. The minimum Gasteiger partial charge on any atom is -0.322 e. The van der Waals surface area contributed by atoms with Gasteiger partial charge in [-0.2, -0.15) is 4.31 Å². The third kappa shape index (κ3) is 4.07. The molecule has 0 spiro atoms. The van der Waals surface area contributed by atoms with Gasteiger partial charge in [-0.1, -0.05) is 26.0 Å². The SMILES string of the molecule is CCN(CC)S(=O)(=O)c1cccc(C(=O)Nc2cccc(-n3cnnn3)c2)c1. The summed E-state index contributed by atoms with van der Waals surface area (Å²) in [4.78, 5) is 12.7. The summed E-state index contributed by atoms with van der Waals surface area (Å²) >= 11 is 0. The maximum Gasteiger partial charge on any atom is 0.255 e. The fourth-order valence-electron chi connectivity index (χ4n) is 2.72. The van der Waals surface area contributed by atoms with Crippen LogP contribution in [-0.4, -0.2) is 51.9 Å². The molecule has 0 radical (unpaired) electrons. The van der Waals surface area contributed by atoms with E-state index in [4.69, 9.17) is 0 Å². The molecule has 9 nitrogen and oxygen atoms in total. The summed E-state index contributed by atoms with van der Waals surface area (Å²) in [6, 6.07) is 13.0. The molecule has 1 amide bonds. The van der Waals surface area contributed by atoms with Crippen molar-refractivity contribution >= 4 is 21.6 Å². The number of carbonyl (C=O) groups is 1. The highest BCUT2D eigenvalue weighted by Crippen LogP contribution is 2.19. The third-order valence-electron chi connectivity index (χ3n) is 4.16. The van der Waals surface area contributed by atoms with E-state index in [2.05, 4.69) is 20.8 Å². The normalized spacial score (nSPS) is 11.5. The second-order valence-corrected chi connectivity index (χ2v) is 7.81. The first-order chi connectivity index (χ1) is 13.5. The molecule has 0 unspecified atom stereocenters. The van der Waals surface area contributed by atoms with Crippen molar-refractivity contribution in [2.75, 3.05) is 18.4 Å². The molecule has 0 aliphatic carbocycles. The predicted molar refractivity (Wildman–Crippen MR) is 104 cm³/mol. The second-order valence-electron chi connectivity index (χ2n) is 5.88. The third-order valence-corrected chi connectivity index (χ3v) is 6.20. The van der Waals surface area contributed by atoms with Gasteiger partial charge in [0, 0.05) is 24.3 Å². The number of benzene rings is 2. The van der Waals surface area contributed by atoms with Gasteiger partial charge in [0.25, 0.3) is 5.91 Å². The molecule has 0 bridgehead atoms. The highest BCUT2D eigenvalue weighted by Gasteiger charge is 2.22. The molecule has 1 aromatic heterocycles. The Bertz CT molecular complexity index is 1060.